The lowest BCUT2D eigenvalue weighted by molar-refractivity contribution is -0.240. The minimum absolute atomic E-state index is 0.0991. The van der Waals surface area contributed by atoms with Crippen molar-refractivity contribution < 1.29 is 62.9 Å². The predicted molar refractivity (Wildman–Crippen MR) is 119 cm³/mol. The van der Waals surface area contributed by atoms with E-state index >= 15 is 0 Å². The Morgan fingerprint density at radius 1 is 1.11 bits per heavy atom. The predicted octanol–water partition coefficient (Wildman–Crippen LogP) is -1.77. The Morgan fingerprint density at radius 3 is 2.47 bits per heavy atom. The molecule has 2 aliphatic carbocycles. The fourth-order valence-electron chi connectivity index (χ4n) is 8.75. The number of hydrogen-bond donors (Lipinski definition) is 3. The Balaban J connectivity index is 1.49. The maximum Gasteiger partial charge on any atom is 0.343 e. The molecule has 0 amide bonds. The molecule has 13 heteroatoms. The molecule has 6 aliphatic rings. The van der Waals surface area contributed by atoms with E-state index in [2.05, 4.69) is 0 Å². The van der Waals surface area contributed by atoms with Crippen LogP contribution >= 0.6 is 0 Å². The van der Waals surface area contributed by atoms with E-state index in [1.807, 2.05) is 20.8 Å². The third kappa shape index (κ3) is 2.46. The molecule has 0 aromatic rings. The minimum atomic E-state index is -2.29. The first-order valence-electron chi connectivity index (χ1n) is 12.8. The number of ether oxygens (including phenoxy) is 6. The number of aliphatic hydroxyl groups excluding tert-OH is 2. The highest BCUT2D eigenvalue weighted by atomic mass is 16.8. The van der Waals surface area contributed by atoms with E-state index in [0.717, 1.165) is 0 Å². The van der Waals surface area contributed by atoms with Gasteiger partial charge in [0.25, 0.3) is 0 Å². The number of ketones is 1. The summed E-state index contributed by atoms with van der Waals surface area (Å²) in [7, 11) is 0. The standard InChI is InChI=1S/C25H32O13/c1-10-17(29)36-15-14(28)23-13-7-12(21(2,3)4)22(23)16(34-6-5-33-9-11(27)8-26)18(30)37-20(22)38-25(23,19(31)35-13)24(10,15)32/h10,12-16,20,26,28,32H,5-9H2,1-4H3/t10?,12-,13?,14-,15-,16-,20-,22?,23-,24+,25+/m0/s1. The Morgan fingerprint density at radius 2 is 1.82 bits per heavy atom. The lowest BCUT2D eigenvalue weighted by Gasteiger charge is -2.48. The summed E-state index contributed by atoms with van der Waals surface area (Å²) in [4.78, 5) is 51.0. The molecule has 3 N–H and O–H groups in total. The number of hydrogen-bond acceptors (Lipinski definition) is 13. The van der Waals surface area contributed by atoms with Crippen LogP contribution in [-0.4, -0.2) is 107 Å². The maximum atomic E-state index is 13.7. The highest BCUT2D eigenvalue weighted by Crippen LogP contribution is 2.84. The van der Waals surface area contributed by atoms with Gasteiger partial charge >= 0.3 is 17.9 Å². The van der Waals surface area contributed by atoms with Crippen LogP contribution in [0.5, 0.6) is 0 Å². The molecule has 4 heterocycles. The van der Waals surface area contributed by atoms with Gasteiger partial charge in [0.1, 0.15) is 25.4 Å². The smallest absolute Gasteiger partial charge is 0.343 e. The van der Waals surface area contributed by atoms with Crippen LogP contribution in [0.3, 0.4) is 0 Å². The highest BCUT2D eigenvalue weighted by Gasteiger charge is 3.04. The quantitative estimate of drug-likeness (QED) is 0.187. The van der Waals surface area contributed by atoms with E-state index in [1.165, 1.54) is 6.92 Å². The third-order valence-corrected chi connectivity index (χ3v) is 9.92. The van der Waals surface area contributed by atoms with Gasteiger partial charge in [-0.2, -0.15) is 0 Å². The first kappa shape index (κ1) is 26.1. The molecule has 6 rings (SSSR count). The van der Waals surface area contributed by atoms with Gasteiger partial charge in [-0.1, -0.05) is 20.8 Å². The molecule has 6 fully saturated rings. The van der Waals surface area contributed by atoms with Crippen molar-refractivity contribution in [1.29, 1.82) is 0 Å². The van der Waals surface area contributed by atoms with Gasteiger partial charge in [-0.15, -0.1) is 0 Å². The first-order valence-corrected chi connectivity index (χ1v) is 12.8. The van der Waals surface area contributed by atoms with Gasteiger partial charge in [0.05, 0.1) is 30.0 Å². The molecule has 0 aromatic heterocycles. The second-order valence-electron chi connectivity index (χ2n) is 12.3. The zero-order valence-electron chi connectivity index (χ0n) is 21.5. The van der Waals surface area contributed by atoms with Gasteiger partial charge in [0, 0.05) is 0 Å². The first-order chi connectivity index (χ1) is 17.8. The molecule has 38 heavy (non-hydrogen) atoms. The van der Waals surface area contributed by atoms with Gasteiger partial charge in [-0.3, -0.25) is 9.59 Å². The number of rotatable bonds is 7. The van der Waals surface area contributed by atoms with E-state index in [-0.39, 0.29) is 26.2 Å². The summed E-state index contributed by atoms with van der Waals surface area (Å²) in [5.41, 5.74) is -8.34. The lowest BCUT2D eigenvalue weighted by atomic mass is 9.51. The van der Waals surface area contributed by atoms with Gasteiger partial charge in [0.2, 0.25) is 11.9 Å². The Hall–Kier alpha value is -2.16. The van der Waals surface area contributed by atoms with Crippen LogP contribution in [0.4, 0.5) is 0 Å². The molecule has 3 unspecified atom stereocenters. The van der Waals surface area contributed by atoms with Crippen molar-refractivity contribution in [2.75, 3.05) is 26.4 Å². The molecule has 210 valence electrons. The number of fused-ring (bicyclic) bond motifs is 1. The number of aliphatic hydroxyl groups is 3. The molecule has 2 saturated carbocycles. The van der Waals surface area contributed by atoms with Crippen LogP contribution in [0.15, 0.2) is 0 Å². The van der Waals surface area contributed by atoms with E-state index < -0.39 is 100 Å². The summed E-state index contributed by atoms with van der Waals surface area (Å²) in [6.07, 6.45) is -6.66. The van der Waals surface area contributed by atoms with Crippen molar-refractivity contribution in [1.82, 2.24) is 0 Å². The number of carbonyl (C=O) groups excluding carboxylic acids is 4. The second kappa shape index (κ2) is 7.73. The Bertz CT molecular complexity index is 1120. The van der Waals surface area contributed by atoms with E-state index in [9.17, 15) is 29.4 Å². The average molecular weight is 541 g/mol. The largest absolute Gasteiger partial charge is 0.459 e. The van der Waals surface area contributed by atoms with Crippen molar-refractivity contribution in [2.45, 2.75) is 76.0 Å². The molecule has 11 atom stereocenters. The Kier molecular flexibility index (Phi) is 5.31. The van der Waals surface area contributed by atoms with Crippen LogP contribution in [0, 0.1) is 28.1 Å². The molecular weight excluding hydrogens is 508 g/mol. The van der Waals surface area contributed by atoms with Crippen molar-refractivity contribution in [3.8, 4) is 0 Å². The second-order valence-corrected chi connectivity index (χ2v) is 12.3. The molecule has 2 spiro atoms. The summed E-state index contributed by atoms with van der Waals surface area (Å²) in [5.74, 6) is -4.77. The molecule has 0 radical (unpaired) electrons. The van der Waals surface area contributed by atoms with Crippen molar-refractivity contribution >= 4 is 23.7 Å². The maximum absolute atomic E-state index is 13.7. The van der Waals surface area contributed by atoms with Gasteiger partial charge < -0.3 is 43.7 Å². The van der Waals surface area contributed by atoms with Crippen LogP contribution in [0.1, 0.15) is 34.1 Å². The van der Waals surface area contributed by atoms with Crippen LogP contribution in [0.25, 0.3) is 0 Å². The Labute approximate surface area is 217 Å². The fourth-order valence-corrected chi connectivity index (χ4v) is 8.75. The zero-order valence-corrected chi connectivity index (χ0v) is 21.5. The summed E-state index contributed by atoms with van der Waals surface area (Å²) >= 11 is 0. The summed E-state index contributed by atoms with van der Waals surface area (Å²) < 4.78 is 34.6. The molecule has 4 aliphatic heterocycles. The van der Waals surface area contributed by atoms with Crippen LogP contribution in [-0.2, 0) is 47.6 Å². The number of carbonyl (C=O) groups is 4. The van der Waals surface area contributed by atoms with Crippen molar-refractivity contribution in [3.63, 3.8) is 0 Å². The molecule has 4 saturated heterocycles. The topological polar surface area (TPSA) is 184 Å². The van der Waals surface area contributed by atoms with E-state index in [0.29, 0.717) is 0 Å². The normalized spacial score (nSPS) is 49.9. The van der Waals surface area contributed by atoms with Crippen molar-refractivity contribution in [3.05, 3.63) is 0 Å². The van der Waals surface area contributed by atoms with Gasteiger partial charge in [-0.05, 0) is 24.7 Å². The molecule has 0 bridgehead atoms. The van der Waals surface area contributed by atoms with Gasteiger partial charge in [0.15, 0.2) is 23.6 Å². The zero-order chi connectivity index (χ0) is 27.6. The third-order valence-electron chi connectivity index (χ3n) is 9.92. The van der Waals surface area contributed by atoms with Crippen LogP contribution in [0.2, 0.25) is 0 Å². The van der Waals surface area contributed by atoms with Gasteiger partial charge in [-0.25, -0.2) is 9.59 Å². The summed E-state index contributed by atoms with van der Waals surface area (Å²) in [5, 5.41) is 33.0. The summed E-state index contributed by atoms with van der Waals surface area (Å²) in [6.45, 7) is 5.93. The SMILES string of the molecule is CC1C(=O)O[C@H]2[C@H](O)[C@@]34C5C[C@@H](C(C)(C)C)C36[C@@H](OC(=O)[C@@H]6OCCOCC(=O)CO)O[C@@]4(C(=O)O5)[C@@]12O. The van der Waals surface area contributed by atoms with E-state index in [4.69, 9.17) is 33.5 Å². The molecule has 0 aromatic carbocycles. The van der Waals surface area contributed by atoms with Crippen molar-refractivity contribution in [2.24, 2.45) is 28.1 Å². The molecular formula is C25H32O13. The number of Topliss-reactive ketones (excluding diaryl/α,β-unsaturated/α-hetero) is 1. The van der Waals surface area contributed by atoms with E-state index in [1.54, 1.807) is 0 Å². The fraction of sp³-hybridized carbons (Fsp3) is 0.840. The highest BCUT2D eigenvalue weighted by molar-refractivity contribution is 5.94. The summed E-state index contributed by atoms with van der Waals surface area (Å²) in [6, 6.07) is 0. The number of esters is 3. The van der Waals surface area contributed by atoms with Crippen LogP contribution < -0.4 is 0 Å². The molecule has 13 nitrogen and oxygen atoms in total. The average Bonchev–Trinajstić information content (AvgIpc) is 3.56. The minimum Gasteiger partial charge on any atom is -0.459 e. The monoisotopic (exact) mass is 540 g/mol. The lowest BCUT2D eigenvalue weighted by Crippen LogP contribution is -2.67.